The molecule has 16 aromatic rings. The summed E-state index contributed by atoms with van der Waals surface area (Å²) in [5, 5.41) is 12.2. The number of ether oxygens (including phenoxy) is 1. The number of nitrogens with zero attached hydrogens (tertiary/aromatic N) is 4. The molecule has 1 aliphatic carbocycles. The number of benzene rings is 14. The molecular weight excluding hydrogens is 1160 g/mol. The molecule has 0 radical (unpaired) electrons. The lowest BCUT2D eigenvalue weighted by atomic mass is 9.34. The third-order valence-corrected chi connectivity index (χ3v) is 20.3. The first-order chi connectivity index (χ1) is 50.5. The van der Waals surface area contributed by atoms with E-state index in [0.29, 0.717) is 28.4 Å². The zero-order valence-corrected chi connectivity index (χ0v) is 52.7. The lowest BCUT2D eigenvalue weighted by Crippen LogP contribution is -2.59. The zero-order chi connectivity index (χ0) is 70.9. The van der Waals surface area contributed by atoms with Gasteiger partial charge < -0.3 is 18.8 Å². The van der Waals surface area contributed by atoms with Crippen LogP contribution in [0, 0.1) is 11.3 Å². The van der Waals surface area contributed by atoms with Gasteiger partial charge in [0.05, 0.1) is 61.5 Å². The van der Waals surface area contributed by atoms with E-state index in [2.05, 4.69) is 236 Å². The van der Waals surface area contributed by atoms with Gasteiger partial charge in [0.2, 0.25) is 0 Å². The van der Waals surface area contributed by atoms with Crippen molar-refractivity contribution < 1.29 is 15.7 Å². The maximum absolute atomic E-state index is 10.3. The Morgan fingerprint density at radius 3 is 1.64 bits per heavy atom. The van der Waals surface area contributed by atoms with Gasteiger partial charge >= 0.3 is 0 Å². The number of rotatable bonds is 8. The highest BCUT2D eigenvalue weighted by atomic mass is 16.5. The van der Waals surface area contributed by atoms with Crippen LogP contribution in [0.1, 0.15) is 65.1 Å². The van der Waals surface area contributed by atoms with Crippen molar-refractivity contribution in [3.63, 3.8) is 0 Å². The van der Waals surface area contributed by atoms with Crippen LogP contribution in [0.3, 0.4) is 0 Å². The minimum atomic E-state index is -0.773. The molecule has 6 heteroatoms. The summed E-state index contributed by atoms with van der Waals surface area (Å²) in [6.45, 7) is 6.06. The molecule has 2 aromatic heterocycles. The van der Waals surface area contributed by atoms with Gasteiger partial charge in [-0.25, -0.2) is 0 Å². The maximum Gasteiger partial charge on any atom is 0.256 e. The van der Waals surface area contributed by atoms with Crippen LogP contribution in [0.15, 0.2) is 315 Å². The minimum Gasteiger partial charge on any atom is -0.458 e. The van der Waals surface area contributed by atoms with Crippen molar-refractivity contribution in [3.8, 4) is 73.5 Å². The molecule has 0 atom stereocenters. The third kappa shape index (κ3) is 8.11. The van der Waals surface area contributed by atoms with E-state index in [1.807, 2.05) is 66.7 Å². The van der Waals surface area contributed by atoms with Crippen LogP contribution < -0.4 is 26.0 Å². The molecule has 0 N–H and O–H groups in total. The first-order valence-corrected chi connectivity index (χ1v) is 32.6. The summed E-state index contributed by atoms with van der Waals surface area (Å²) in [5.41, 5.74) is 21.3. The molecule has 3 aliphatic rings. The highest BCUT2D eigenvalue weighted by Crippen LogP contribution is 2.60. The number of nitriles is 1. The van der Waals surface area contributed by atoms with Gasteiger partial charge in [-0.3, -0.25) is 0 Å². The summed E-state index contributed by atoms with van der Waals surface area (Å²) >= 11 is 0. The fraction of sp³-hybridized carbons (Fsp3) is 0.0556. The van der Waals surface area contributed by atoms with Gasteiger partial charge in [-0.15, -0.1) is 0 Å². The predicted octanol–water partition coefficient (Wildman–Crippen LogP) is 20.8. The molecule has 2 aliphatic heterocycles. The predicted molar refractivity (Wildman–Crippen MR) is 398 cm³/mol. The second-order valence-electron chi connectivity index (χ2n) is 26.4. The van der Waals surface area contributed by atoms with Gasteiger partial charge in [0.25, 0.3) is 6.71 Å². The molecule has 0 saturated heterocycles. The Labute approximate surface area is 569 Å². The highest BCUT2D eigenvalue weighted by molar-refractivity contribution is 6.99. The van der Waals surface area contributed by atoms with Crippen molar-refractivity contribution in [2.75, 3.05) is 4.90 Å². The van der Waals surface area contributed by atoms with Crippen LogP contribution in [-0.2, 0) is 10.8 Å². The van der Waals surface area contributed by atoms with Crippen molar-refractivity contribution in [1.82, 2.24) is 9.13 Å². The molecule has 0 bridgehead atoms. The van der Waals surface area contributed by atoms with E-state index in [1.54, 1.807) is 4.57 Å². The van der Waals surface area contributed by atoms with E-state index in [9.17, 15) is 13.5 Å². The Balaban J connectivity index is 0.960. The number of aromatic nitrogens is 2. The van der Waals surface area contributed by atoms with Crippen LogP contribution in [0.4, 0.5) is 17.1 Å². The first-order valence-electron chi connectivity index (χ1n) is 36.6. The van der Waals surface area contributed by atoms with Crippen molar-refractivity contribution in [2.24, 2.45) is 0 Å². The summed E-state index contributed by atoms with van der Waals surface area (Å²) in [4.78, 5) is 2.35. The summed E-state index contributed by atoms with van der Waals surface area (Å²) in [7, 11) is 0. The number of hydrogen-bond donors (Lipinski definition) is 0. The maximum atomic E-state index is 10.3. The average molecular weight is 1230 g/mol. The van der Waals surface area contributed by atoms with Crippen LogP contribution in [0.5, 0.6) is 11.5 Å². The molecule has 0 saturated carbocycles. The lowest BCUT2D eigenvalue weighted by Gasteiger charge is -2.42. The minimum absolute atomic E-state index is 0.0142. The van der Waals surface area contributed by atoms with Gasteiger partial charge in [0.15, 0.2) is 0 Å². The standard InChI is InChI=1S/C90H61BN4O/c1-89(2,3)63-44-49-81-74(52-63)73-50-57(56-92)42-48-80(73)93(81)64-45-47-77-84(54-64)96-85-55-65(94-78-40-20-17-33-70(78)71-34-18-21-41-79(71)94)53-83-87(85)91(77)76-46-43-60(51-82(76)95(83)88-67(58-24-8-4-9-25-58)36-23-37-68(88)59-26-10-5-11-27-59)66-35-22-38-72-69-32-16-19-39-75(69)90(86(66)72,61-28-12-6-13-29-61)62-30-14-7-15-31-62/h4-55H,1-3H3/i17D,18D,20D,21D,33D,34D,40D,41D. The van der Waals surface area contributed by atoms with Crippen molar-refractivity contribution in [3.05, 3.63) is 349 Å². The van der Waals surface area contributed by atoms with Gasteiger partial charge in [0.1, 0.15) is 11.5 Å². The van der Waals surface area contributed by atoms with E-state index in [1.165, 1.54) is 5.56 Å². The highest BCUT2D eigenvalue weighted by Gasteiger charge is 2.49. The topological polar surface area (TPSA) is 46.1 Å². The van der Waals surface area contributed by atoms with Crippen molar-refractivity contribution in [1.29, 1.82) is 5.26 Å². The molecule has 5 nitrogen and oxygen atoms in total. The van der Waals surface area contributed by atoms with Gasteiger partial charge in [-0.2, -0.15) is 5.26 Å². The molecular formula is C90H61BN4O. The Kier molecular flexibility index (Phi) is 10.5. The van der Waals surface area contributed by atoms with Crippen LogP contribution in [0.2, 0.25) is 0 Å². The van der Waals surface area contributed by atoms with E-state index >= 15 is 0 Å². The second kappa shape index (κ2) is 21.2. The smallest absolute Gasteiger partial charge is 0.256 e. The molecule has 0 unspecified atom stereocenters. The molecule has 0 fully saturated rings. The normalized spacial score (nSPS) is 14.4. The van der Waals surface area contributed by atoms with E-state index in [4.69, 9.17) is 7.48 Å². The Hall–Kier alpha value is -12.2. The Bertz CT molecular complexity index is 6270. The van der Waals surface area contributed by atoms with E-state index in [-0.39, 0.29) is 27.2 Å². The van der Waals surface area contributed by atoms with Crippen molar-refractivity contribution >= 4 is 83.8 Å². The third-order valence-electron chi connectivity index (χ3n) is 20.3. The van der Waals surface area contributed by atoms with Crippen LogP contribution in [-0.4, -0.2) is 15.8 Å². The summed E-state index contributed by atoms with van der Waals surface area (Å²) in [6.07, 6.45) is 0. The van der Waals surface area contributed by atoms with Gasteiger partial charge in [-0.1, -0.05) is 263 Å². The number of anilines is 3. The Morgan fingerprint density at radius 1 is 0.427 bits per heavy atom. The summed E-state index contributed by atoms with van der Waals surface area (Å²) in [5.74, 6) is 0.975. The number of fused-ring (bicyclic) bond motifs is 13. The molecule has 96 heavy (non-hydrogen) atoms. The molecule has 19 rings (SSSR count). The lowest BCUT2D eigenvalue weighted by molar-refractivity contribution is 0.487. The van der Waals surface area contributed by atoms with Gasteiger partial charge in [0, 0.05) is 61.9 Å². The summed E-state index contributed by atoms with van der Waals surface area (Å²) in [6, 6.07) is 92.5. The fourth-order valence-corrected chi connectivity index (χ4v) is 16.1. The van der Waals surface area contributed by atoms with Crippen molar-refractivity contribution in [2.45, 2.75) is 31.6 Å². The van der Waals surface area contributed by atoms with Crippen LogP contribution >= 0.6 is 0 Å². The quantitative estimate of drug-likeness (QED) is 0.142. The number of hydrogen-bond acceptors (Lipinski definition) is 3. The monoisotopic (exact) mass is 1230 g/mol. The van der Waals surface area contributed by atoms with E-state index in [0.717, 1.165) is 122 Å². The van der Waals surface area contributed by atoms with E-state index < -0.39 is 60.5 Å². The molecule has 4 heterocycles. The number of para-hydroxylation sites is 3. The molecule has 0 amide bonds. The summed E-state index contributed by atoms with van der Waals surface area (Å²) < 4.78 is 87.1. The molecule has 450 valence electrons. The zero-order valence-electron chi connectivity index (χ0n) is 60.7. The Morgan fingerprint density at radius 2 is 0.979 bits per heavy atom. The first kappa shape index (κ1) is 47.7. The fourth-order valence-electron chi connectivity index (χ4n) is 16.1. The second-order valence-corrected chi connectivity index (χ2v) is 26.4. The largest absolute Gasteiger partial charge is 0.458 e. The van der Waals surface area contributed by atoms with Crippen LogP contribution in [0.25, 0.3) is 99.5 Å². The molecule has 14 aromatic carbocycles. The SMILES string of the molecule is [2H]c1c([2H])c([2H])c2c(c1[2H])c1c([2H])c([2H])c([2H])c([2H])c1n2-c1cc2c3c(c1)N(c1c(-c4ccccc4)cccc1-c1ccccc1)c1cc(-c4cccc5c4C(c4ccccc4)(c4ccccc4)c4ccccc4-5)ccc1B3c1ccc(-n3c4ccc(C#N)cc4c4cc(C(C)(C)C)ccc43)cc1O2. The molecule has 0 spiro atoms. The van der Waals surface area contributed by atoms with Gasteiger partial charge in [-0.05, 0) is 144 Å². The average Bonchev–Trinajstić information content (AvgIpc) is 1.37.